The lowest BCUT2D eigenvalue weighted by Gasteiger charge is -2.51. The average Bonchev–Trinajstić information content (AvgIpc) is 3.16. The molecular weight excluding hydrogens is 328 g/mol. The van der Waals surface area contributed by atoms with Gasteiger partial charge in [0.15, 0.2) is 0 Å². The van der Waals surface area contributed by atoms with Crippen LogP contribution >= 0.6 is 0 Å². The minimum Gasteiger partial charge on any atom is -0.497 e. The number of rotatable bonds is 3. The van der Waals surface area contributed by atoms with Gasteiger partial charge in [0, 0.05) is 23.7 Å². The van der Waals surface area contributed by atoms with Crippen molar-refractivity contribution in [2.24, 2.45) is 0 Å². The number of piperidine rings is 2. The molecule has 6 heteroatoms. The number of hydrogen-bond acceptors (Lipinski definition) is 4. The van der Waals surface area contributed by atoms with Gasteiger partial charge in [-0.05, 0) is 57.4 Å². The monoisotopic (exact) mass is 354 g/mol. The van der Waals surface area contributed by atoms with E-state index < -0.39 is 0 Å². The van der Waals surface area contributed by atoms with Gasteiger partial charge >= 0.3 is 0 Å². The molecular formula is C20H26N4O2. The molecule has 0 radical (unpaired) electrons. The zero-order valence-electron chi connectivity index (χ0n) is 15.4. The molecule has 2 fully saturated rings. The Kier molecular flexibility index (Phi) is 4.44. The molecule has 6 nitrogen and oxygen atoms in total. The molecule has 2 atom stereocenters. The van der Waals surface area contributed by atoms with E-state index in [0.29, 0.717) is 5.69 Å². The number of amides is 1. The van der Waals surface area contributed by atoms with Crippen molar-refractivity contribution in [1.82, 2.24) is 20.4 Å². The lowest BCUT2D eigenvalue weighted by atomic mass is 9.77. The fourth-order valence-electron chi connectivity index (χ4n) is 4.39. The van der Waals surface area contributed by atoms with Crippen LogP contribution in [-0.2, 0) is 0 Å². The van der Waals surface area contributed by atoms with E-state index in [4.69, 9.17) is 4.74 Å². The Balaban J connectivity index is 1.58. The van der Waals surface area contributed by atoms with Gasteiger partial charge in [-0.25, -0.2) is 0 Å². The fraction of sp³-hybridized carbons (Fsp3) is 0.500. The highest BCUT2D eigenvalue weighted by Crippen LogP contribution is 2.34. The molecule has 2 aliphatic rings. The number of carbonyl (C=O) groups excluding carboxylic acids is 1. The molecule has 0 unspecified atom stereocenters. The summed E-state index contributed by atoms with van der Waals surface area (Å²) in [5, 5.41) is 10.9. The Hall–Kier alpha value is -2.34. The Morgan fingerprint density at radius 1 is 1.35 bits per heavy atom. The van der Waals surface area contributed by atoms with Crippen molar-refractivity contribution < 1.29 is 9.53 Å². The van der Waals surface area contributed by atoms with Crippen molar-refractivity contribution in [3.05, 3.63) is 36.0 Å². The first-order valence-corrected chi connectivity index (χ1v) is 9.36. The zero-order valence-corrected chi connectivity index (χ0v) is 15.4. The van der Waals surface area contributed by atoms with Crippen LogP contribution in [0.3, 0.4) is 0 Å². The highest BCUT2D eigenvalue weighted by molar-refractivity contribution is 5.93. The van der Waals surface area contributed by atoms with Crippen molar-refractivity contribution in [2.45, 2.75) is 44.2 Å². The number of methoxy groups -OCH3 is 1. The summed E-state index contributed by atoms with van der Waals surface area (Å²) in [5.41, 5.74) is 2.27. The molecule has 3 heterocycles. The first-order valence-electron chi connectivity index (χ1n) is 9.36. The standard InChI is InChI=1S/C20H26N4O2/c1-20-9-5-11-24(18(20)8-4-10-21-20)19(25)17-13-16(22-23-17)14-6-3-7-15(12-14)26-2/h3,6-7,12-13,18,21H,4-5,8-11H2,1-2H3,(H,22,23)/t18-,20+/m1/s1. The van der Waals surface area contributed by atoms with E-state index in [0.717, 1.165) is 55.8 Å². The largest absolute Gasteiger partial charge is 0.497 e. The van der Waals surface area contributed by atoms with Crippen molar-refractivity contribution in [3.8, 4) is 17.0 Å². The number of fused-ring (bicyclic) bond motifs is 1. The zero-order chi connectivity index (χ0) is 18.1. The molecule has 0 bridgehead atoms. The van der Waals surface area contributed by atoms with Crippen LogP contribution in [0.2, 0.25) is 0 Å². The first kappa shape index (κ1) is 17.1. The lowest BCUT2D eigenvalue weighted by Crippen LogP contribution is -2.65. The van der Waals surface area contributed by atoms with E-state index in [1.807, 2.05) is 35.2 Å². The van der Waals surface area contributed by atoms with Crippen LogP contribution in [0.15, 0.2) is 30.3 Å². The summed E-state index contributed by atoms with van der Waals surface area (Å²) >= 11 is 0. The molecule has 0 saturated carbocycles. The van der Waals surface area contributed by atoms with E-state index in [-0.39, 0.29) is 17.5 Å². The summed E-state index contributed by atoms with van der Waals surface area (Å²) in [4.78, 5) is 15.2. The highest BCUT2D eigenvalue weighted by atomic mass is 16.5. The van der Waals surface area contributed by atoms with Gasteiger partial charge in [0.05, 0.1) is 12.8 Å². The van der Waals surface area contributed by atoms with E-state index in [2.05, 4.69) is 22.4 Å². The second-order valence-electron chi connectivity index (χ2n) is 7.50. The summed E-state index contributed by atoms with van der Waals surface area (Å²) in [7, 11) is 1.64. The number of benzene rings is 1. The average molecular weight is 354 g/mol. The third-order valence-electron chi connectivity index (χ3n) is 5.82. The number of hydrogen-bond donors (Lipinski definition) is 2. The number of aromatic amines is 1. The van der Waals surface area contributed by atoms with Gasteiger partial charge in [-0.3, -0.25) is 9.89 Å². The minimum absolute atomic E-state index is 0.0296. The maximum atomic E-state index is 13.2. The minimum atomic E-state index is 0.0296. The molecule has 2 N–H and O–H groups in total. The highest BCUT2D eigenvalue weighted by Gasteiger charge is 2.44. The van der Waals surface area contributed by atoms with Gasteiger partial charge in [0.2, 0.25) is 0 Å². The van der Waals surface area contributed by atoms with Crippen LogP contribution in [0, 0.1) is 0 Å². The predicted octanol–water partition coefficient (Wildman–Crippen LogP) is 2.83. The lowest BCUT2D eigenvalue weighted by molar-refractivity contribution is 0.0249. The van der Waals surface area contributed by atoms with Gasteiger partial charge < -0.3 is 15.0 Å². The van der Waals surface area contributed by atoms with E-state index >= 15 is 0 Å². The molecule has 2 aliphatic heterocycles. The fourth-order valence-corrected chi connectivity index (χ4v) is 4.39. The van der Waals surface area contributed by atoms with Crippen LogP contribution in [0.25, 0.3) is 11.3 Å². The van der Waals surface area contributed by atoms with E-state index in [1.165, 1.54) is 0 Å². The molecule has 1 amide bonds. The Morgan fingerprint density at radius 2 is 2.23 bits per heavy atom. The molecule has 1 aromatic heterocycles. The quantitative estimate of drug-likeness (QED) is 0.889. The van der Waals surface area contributed by atoms with Crippen molar-refractivity contribution in [1.29, 1.82) is 0 Å². The second kappa shape index (κ2) is 6.76. The van der Waals surface area contributed by atoms with E-state index in [1.54, 1.807) is 7.11 Å². The third kappa shape index (κ3) is 2.98. The number of H-pyrrole nitrogens is 1. The molecule has 1 aromatic carbocycles. The topological polar surface area (TPSA) is 70.2 Å². The second-order valence-corrected chi connectivity index (χ2v) is 7.50. The smallest absolute Gasteiger partial charge is 0.272 e. The molecule has 2 saturated heterocycles. The molecule has 0 spiro atoms. The van der Waals surface area contributed by atoms with E-state index in [9.17, 15) is 4.79 Å². The van der Waals surface area contributed by atoms with Gasteiger partial charge in [-0.2, -0.15) is 5.10 Å². The maximum absolute atomic E-state index is 13.2. The first-order chi connectivity index (χ1) is 12.6. The third-order valence-corrected chi connectivity index (χ3v) is 5.82. The SMILES string of the molecule is COc1cccc(-c2cc(C(=O)N3CCC[C@]4(C)NCCC[C@@H]34)[nH]n2)c1. The summed E-state index contributed by atoms with van der Waals surface area (Å²) in [5.74, 6) is 0.824. The number of likely N-dealkylation sites (tertiary alicyclic amines) is 1. The molecule has 138 valence electrons. The van der Waals surface area contributed by atoms with Crippen LogP contribution in [-0.4, -0.2) is 52.8 Å². The number of carbonyl (C=O) groups is 1. The molecule has 2 aromatic rings. The Labute approximate surface area is 153 Å². The number of nitrogens with zero attached hydrogens (tertiary/aromatic N) is 2. The van der Waals surface area contributed by atoms with Crippen LogP contribution in [0.5, 0.6) is 5.75 Å². The van der Waals surface area contributed by atoms with Crippen LogP contribution in [0.1, 0.15) is 43.1 Å². The number of ether oxygens (including phenoxy) is 1. The summed E-state index contributed by atoms with van der Waals surface area (Å²) in [6.45, 7) is 4.11. The summed E-state index contributed by atoms with van der Waals surface area (Å²) < 4.78 is 5.28. The van der Waals surface area contributed by atoms with Gasteiger partial charge in [-0.1, -0.05) is 12.1 Å². The number of aromatic nitrogens is 2. The van der Waals surface area contributed by atoms with Crippen molar-refractivity contribution in [2.75, 3.05) is 20.2 Å². The van der Waals surface area contributed by atoms with Crippen molar-refractivity contribution >= 4 is 5.91 Å². The number of nitrogens with one attached hydrogen (secondary N) is 2. The molecule has 4 rings (SSSR count). The Bertz CT molecular complexity index is 799. The predicted molar refractivity (Wildman–Crippen MR) is 100 cm³/mol. The van der Waals surface area contributed by atoms with Crippen LogP contribution in [0.4, 0.5) is 0 Å². The van der Waals surface area contributed by atoms with Crippen molar-refractivity contribution in [3.63, 3.8) is 0 Å². The normalized spacial score (nSPS) is 25.6. The molecule has 26 heavy (non-hydrogen) atoms. The molecule has 0 aliphatic carbocycles. The summed E-state index contributed by atoms with van der Waals surface area (Å²) in [6, 6.07) is 9.81. The van der Waals surface area contributed by atoms with Gasteiger partial charge in [0.25, 0.3) is 5.91 Å². The maximum Gasteiger partial charge on any atom is 0.272 e. The van der Waals surface area contributed by atoms with Gasteiger partial charge in [-0.15, -0.1) is 0 Å². The summed E-state index contributed by atoms with van der Waals surface area (Å²) in [6.07, 6.45) is 4.33. The van der Waals surface area contributed by atoms with Crippen LogP contribution < -0.4 is 10.1 Å². The van der Waals surface area contributed by atoms with Gasteiger partial charge in [0.1, 0.15) is 11.4 Å². The Morgan fingerprint density at radius 3 is 3.08 bits per heavy atom.